The molecule has 0 aliphatic rings. The highest BCUT2D eigenvalue weighted by molar-refractivity contribution is 6.03. The number of benzene rings is 3. The molecule has 0 fully saturated rings. The molecule has 1 amide bonds. The molecule has 3 N–H and O–H groups in total. The number of ether oxygens (including phenoxy) is 4. The van der Waals surface area contributed by atoms with Crippen LogP contribution in [0.5, 0.6) is 34.5 Å². The number of nitrogens with one attached hydrogen (secondary N) is 1. The van der Waals surface area contributed by atoms with E-state index in [1.807, 2.05) is 6.08 Å². The Morgan fingerprint density at radius 3 is 1.80 bits per heavy atom. The summed E-state index contributed by atoms with van der Waals surface area (Å²) < 4.78 is 21.4. The maximum Gasteiger partial charge on any atom is 0.248 e. The summed E-state index contributed by atoms with van der Waals surface area (Å²) in [5, 5.41) is 22.5. The summed E-state index contributed by atoms with van der Waals surface area (Å²) in [6.45, 7) is 0. The van der Waals surface area contributed by atoms with Crippen molar-refractivity contribution in [3.63, 3.8) is 0 Å². The van der Waals surface area contributed by atoms with E-state index in [1.54, 1.807) is 62.8 Å². The summed E-state index contributed by atoms with van der Waals surface area (Å²) in [6.07, 6.45) is 6.55. The molecule has 182 valence electrons. The zero-order valence-electron chi connectivity index (χ0n) is 19.9. The lowest BCUT2D eigenvalue weighted by Crippen LogP contribution is -2.08. The minimum Gasteiger partial charge on any atom is -0.508 e. The molecule has 0 radical (unpaired) electrons. The van der Waals surface area contributed by atoms with Crippen molar-refractivity contribution in [1.29, 1.82) is 0 Å². The quantitative estimate of drug-likeness (QED) is 0.227. The Kier molecular flexibility index (Phi) is 8.24. The van der Waals surface area contributed by atoms with E-state index >= 15 is 0 Å². The molecule has 0 aliphatic carbocycles. The van der Waals surface area contributed by atoms with Gasteiger partial charge in [-0.1, -0.05) is 24.3 Å². The van der Waals surface area contributed by atoms with Crippen molar-refractivity contribution in [1.82, 2.24) is 0 Å². The molecule has 0 atom stereocenters. The Morgan fingerprint density at radius 1 is 0.714 bits per heavy atom. The molecule has 0 unspecified atom stereocenters. The van der Waals surface area contributed by atoms with Gasteiger partial charge in [-0.3, -0.25) is 4.79 Å². The smallest absolute Gasteiger partial charge is 0.248 e. The second-order valence-electron chi connectivity index (χ2n) is 7.33. The zero-order chi connectivity index (χ0) is 25.4. The van der Waals surface area contributed by atoms with Gasteiger partial charge in [0, 0.05) is 6.08 Å². The second kappa shape index (κ2) is 11.5. The van der Waals surface area contributed by atoms with Crippen LogP contribution in [0.15, 0.2) is 54.6 Å². The maximum absolute atomic E-state index is 12.4. The molecular weight excluding hydrogens is 450 g/mol. The van der Waals surface area contributed by atoms with Crippen LogP contribution in [0.25, 0.3) is 18.2 Å². The minimum absolute atomic E-state index is 0.139. The molecule has 3 rings (SSSR count). The number of aromatic hydroxyl groups is 2. The summed E-state index contributed by atoms with van der Waals surface area (Å²) in [7, 11) is 6.05. The first-order valence-corrected chi connectivity index (χ1v) is 10.6. The number of hydrogen-bond acceptors (Lipinski definition) is 7. The molecule has 0 saturated carbocycles. The molecule has 35 heavy (non-hydrogen) atoms. The SMILES string of the molecule is COc1cc(C=Cc2cc(OC)c(OC)c(OC)c2)cc(NC(=O)/C=C/c2ccc(O)cc2)c1O. The van der Waals surface area contributed by atoms with Gasteiger partial charge in [0.1, 0.15) is 5.75 Å². The predicted octanol–water partition coefficient (Wildman–Crippen LogP) is 4.95. The van der Waals surface area contributed by atoms with Crippen LogP contribution < -0.4 is 24.3 Å². The molecule has 3 aromatic carbocycles. The second-order valence-corrected chi connectivity index (χ2v) is 7.33. The normalized spacial score (nSPS) is 11.0. The average molecular weight is 478 g/mol. The number of phenols is 2. The van der Waals surface area contributed by atoms with E-state index in [9.17, 15) is 15.0 Å². The van der Waals surface area contributed by atoms with Crippen LogP contribution >= 0.6 is 0 Å². The fourth-order valence-electron chi connectivity index (χ4n) is 3.30. The van der Waals surface area contributed by atoms with Crippen molar-refractivity contribution in [2.75, 3.05) is 33.8 Å². The predicted molar refractivity (Wildman–Crippen MR) is 135 cm³/mol. The highest BCUT2D eigenvalue weighted by Crippen LogP contribution is 2.39. The summed E-state index contributed by atoms with van der Waals surface area (Å²) >= 11 is 0. The number of carbonyl (C=O) groups excluding carboxylic acids is 1. The molecule has 0 aromatic heterocycles. The molecule has 8 nitrogen and oxygen atoms in total. The maximum atomic E-state index is 12.4. The van der Waals surface area contributed by atoms with Crippen LogP contribution in [0.1, 0.15) is 16.7 Å². The first-order valence-electron chi connectivity index (χ1n) is 10.6. The summed E-state index contributed by atoms with van der Waals surface area (Å²) in [4.78, 5) is 12.4. The van der Waals surface area contributed by atoms with Crippen LogP contribution in [0.4, 0.5) is 5.69 Å². The third kappa shape index (κ3) is 6.26. The van der Waals surface area contributed by atoms with Crippen molar-refractivity contribution >= 4 is 29.8 Å². The van der Waals surface area contributed by atoms with Gasteiger partial charge in [0.25, 0.3) is 0 Å². The first kappa shape index (κ1) is 25.0. The number of rotatable bonds is 9. The van der Waals surface area contributed by atoms with E-state index in [-0.39, 0.29) is 22.9 Å². The molecule has 0 heterocycles. The van der Waals surface area contributed by atoms with Gasteiger partial charge < -0.3 is 34.5 Å². The largest absolute Gasteiger partial charge is 0.508 e. The van der Waals surface area contributed by atoms with E-state index < -0.39 is 5.91 Å². The van der Waals surface area contributed by atoms with Crippen LogP contribution in [0.3, 0.4) is 0 Å². The Bertz CT molecular complexity index is 1220. The Balaban J connectivity index is 1.86. The van der Waals surface area contributed by atoms with Gasteiger partial charge in [-0.15, -0.1) is 0 Å². The van der Waals surface area contributed by atoms with Crippen molar-refractivity contribution in [3.8, 4) is 34.5 Å². The van der Waals surface area contributed by atoms with Crippen molar-refractivity contribution in [3.05, 3.63) is 71.3 Å². The van der Waals surface area contributed by atoms with Gasteiger partial charge >= 0.3 is 0 Å². The summed E-state index contributed by atoms with van der Waals surface area (Å²) in [5.41, 5.74) is 2.39. The van der Waals surface area contributed by atoms with Crippen LogP contribution in [-0.2, 0) is 4.79 Å². The van der Waals surface area contributed by atoms with Gasteiger partial charge in [-0.05, 0) is 59.2 Å². The van der Waals surface area contributed by atoms with Gasteiger partial charge in [-0.2, -0.15) is 0 Å². The lowest BCUT2D eigenvalue weighted by Gasteiger charge is -2.13. The lowest BCUT2D eigenvalue weighted by molar-refractivity contribution is -0.111. The average Bonchev–Trinajstić information content (AvgIpc) is 2.87. The summed E-state index contributed by atoms with van der Waals surface area (Å²) in [5.74, 6) is 1.23. The van der Waals surface area contributed by atoms with E-state index in [1.165, 1.54) is 32.4 Å². The van der Waals surface area contributed by atoms with E-state index in [0.29, 0.717) is 22.8 Å². The molecule has 8 heteroatoms. The van der Waals surface area contributed by atoms with Gasteiger partial charge in [0.05, 0.1) is 34.1 Å². The Hall–Kier alpha value is -4.59. The highest BCUT2D eigenvalue weighted by atomic mass is 16.5. The summed E-state index contributed by atoms with van der Waals surface area (Å²) in [6, 6.07) is 13.3. The van der Waals surface area contributed by atoms with Crippen LogP contribution in [-0.4, -0.2) is 44.6 Å². The monoisotopic (exact) mass is 477 g/mol. The Labute approximate surface area is 203 Å². The number of methoxy groups -OCH3 is 4. The highest BCUT2D eigenvalue weighted by Gasteiger charge is 2.13. The van der Waals surface area contributed by atoms with Crippen molar-refractivity contribution < 1.29 is 34.0 Å². The number of carbonyl (C=O) groups is 1. The molecule has 0 bridgehead atoms. The van der Waals surface area contributed by atoms with Gasteiger partial charge in [-0.25, -0.2) is 0 Å². The number of hydrogen-bond donors (Lipinski definition) is 3. The van der Waals surface area contributed by atoms with Crippen LogP contribution in [0.2, 0.25) is 0 Å². The topological polar surface area (TPSA) is 106 Å². The molecule has 3 aromatic rings. The van der Waals surface area contributed by atoms with Crippen molar-refractivity contribution in [2.45, 2.75) is 0 Å². The van der Waals surface area contributed by atoms with Gasteiger partial charge in [0.15, 0.2) is 23.0 Å². The Morgan fingerprint density at radius 2 is 1.26 bits per heavy atom. The number of amides is 1. The fraction of sp³-hybridized carbons (Fsp3) is 0.148. The molecule has 0 aliphatic heterocycles. The number of anilines is 1. The fourth-order valence-corrected chi connectivity index (χ4v) is 3.30. The standard InChI is InChI=1S/C27H27NO7/c1-32-22-14-18(5-6-19-15-23(33-2)27(35-4)24(16-19)34-3)13-21(26(22)31)28-25(30)12-9-17-7-10-20(29)11-8-17/h5-16,29,31H,1-4H3,(H,28,30)/b6-5?,12-9+. The third-order valence-electron chi connectivity index (χ3n) is 5.05. The van der Waals surface area contributed by atoms with E-state index in [0.717, 1.165) is 11.1 Å². The molecule has 0 spiro atoms. The minimum atomic E-state index is -0.443. The number of phenolic OH excluding ortho intramolecular Hbond substituents is 2. The van der Waals surface area contributed by atoms with Crippen molar-refractivity contribution in [2.24, 2.45) is 0 Å². The third-order valence-corrected chi connectivity index (χ3v) is 5.05. The van der Waals surface area contributed by atoms with Crippen LogP contribution in [0, 0.1) is 0 Å². The molecular formula is C27H27NO7. The van der Waals surface area contributed by atoms with E-state index in [4.69, 9.17) is 18.9 Å². The first-order chi connectivity index (χ1) is 16.9. The molecule has 0 saturated heterocycles. The van der Waals surface area contributed by atoms with E-state index in [2.05, 4.69) is 5.32 Å². The zero-order valence-corrected chi connectivity index (χ0v) is 19.9. The van der Waals surface area contributed by atoms with Gasteiger partial charge in [0.2, 0.25) is 11.7 Å². The lowest BCUT2D eigenvalue weighted by atomic mass is 10.1.